The highest BCUT2D eigenvalue weighted by Crippen LogP contribution is 2.24. The van der Waals surface area contributed by atoms with E-state index in [1.807, 2.05) is 19.1 Å². The summed E-state index contributed by atoms with van der Waals surface area (Å²) in [6, 6.07) is 7.90. The van der Waals surface area contributed by atoms with Gasteiger partial charge in [-0.25, -0.2) is 4.79 Å². The molecule has 1 saturated heterocycles. The minimum atomic E-state index is -0.152. The number of hydrogen-bond donors (Lipinski definition) is 2. The largest absolute Gasteiger partial charge is 0.395 e. The molecular formula is C18H29N3O2. The maximum absolute atomic E-state index is 12.2. The summed E-state index contributed by atoms with van der Waals surface area (Å²) in [5.74, 6) is 0.820. The molecule has 5 nitrogen and oxygen atoms in total. The number of amides is 2. The van der Waals surface area contributed by atoms with E-state index in [0.717, 1.165) is 31.1 Å². The maximum atomic E-state index is 12.2. The standard InChI is InChI=1S/C18H29N3O2/c1-3-10-21(13-14-22)18(23)19-16-4-6-17(7-5-16)20-11-8-15(2)9-12-20/h4-7,15,22H,3,8-14H2,1-2H3,(H,19,23). The molecule has 1 aromatic rings. The number of rotatable bonds is 6. The van der Waals surface area contributed by atoms with E-state index in [9.17, 15) is 4.79 Å². The zero-order chi connectivity index (χ0) is 16.7. The zero-order valence-corrected chi connectivity index (χ0v) is 14.3. The molecule has 23 heavy (non-hydrogen) atoms. The number of carbonyl (C=O) groups is 1. The molecule has 128 valence electrons. The van der Waals surface area contributed by atoms with Gasteiger partial charge in [0.25, 0.3) is 0 Å². The van der Waals surface area contributed by atoms with Gasteiger partial charge in [-0.1, -0.05) is 13.8 Å². The Morgan fingerprint density at radius 2 is 1.91 bits per heavy atom. The normalized spacial score (nSPS) is 15.5. The maximum Gasteiger partial charge on any atom is 0.321 e. The fourth-order valence-corrected chi connectivity index (χ4v) is 2.93. The molecule has 0 saturated carbocycles. The van der Waals surface area contributed by atoms with E-state index in [1.54, 1.807) is 4.90 Å². The van der Waals surface area contributed by atoms with Gasteiger partial charge >= 0.3 is 6.03 Å². The van der Waals surface area contributed by atoms with Crippen molar-refractivity contribution in [1.82, 2.24) is 4.90 Å². The number of hydrogen-bond acceptors (Lipinski definition) is 3. The van der Waals surface area contributed by atoms with Crippen molar-refractivity contribution in [3.63, 3.8) is 0 Å². The van der Waals surface area contributed by atoms with Crippen molar-refractivity contribution in [2.24, 2.45) is 5.92 Å². The molecule has 2 rings (SSSR count). The summed E-state index contributed by atoms with van der Waals surface area (Å²) in [6.07, 6.45) is 3.36. The Morgan fingerprint density at radius 1 is 1.26 bits per heavy atom. The Bertz CT molecular complexity index is 476. The van der Waals surface area contributed by atoms with Crippen LogP contribution in [-0.4, -0.2) is 48.8 Å². The lowest BCUT2D eigenvalue weighted by atomic mass is 9.99. The van der Waals surface area contributed by atoms with E-state index in [4.69, 9.17) is 5.11 Å². The third-order valence-corrected chi connectivity index (χ3v) is 4.42. The molecule has 1 heterocycles. The van der Waals surface area contributed by atoms with Crippen LogP contribution in [-0.2, 0) is 0 Å². The second-order valence-electron chi connectivity index (χ2n) is 6.36. The first kappa shape index (κ1) is 17.6. The van der Waals surface area contributed by atoms with Crippen molar-refractivity contribution >= 4 is 17.4 Å². The fraction of sp³-hybridized carbons (Fsp3) is 0.611. The van der Waals surface area contributed by atoms with Crippen LogP contribution in [0.5, 0.6) is 0 Å². The summed E-state index contributed by atoms with van der Waals surface area (Å²) in [4.78, 5) is 16.3. The predicted molar refractivity (Wildman–Crippen MR) is 95.0 cm³/mol. The Balaban J connectivity index is 1.92. The summed E-state index contributed by atoms with van der Waals surface area (Å²) >= 11 is 0. The lowest BCUT2D eigenvalue weighted by molar-refractivity contribution is 0.188. The number of carbonyl (C=O) groups excluding carboxylic acids is 1. The van der Waals surface area contributed by atoms with Crippen molar-refractivity contribution < 1.29 is 9.90 Å². The SMILES string of the molecule is CCCN(CCO)C(=O)Nc1ccc(N2CCC(C)CC2)cc1. The van der Waals surface area contributed by atoms with Gasteiger partial charge in [0.15, 0.2) is 0 Å². The molecule has 0 aromatic heterocycles. The van der Waals surface area contributed by atoms with Gasteiger partial charge in [-0.15, -0.1) is 0 Å². The van der Waals surface area contributed by atoms with Gasteiger partial charge in [-0.2, -0.15) is 0 Å². The predicted octanol–water partition coefficient (Wildman–Crippen LogP) is 3.16. The Morgan fingerprint density at radius 3 is 2.48 bits per heavy atom. The van der Waals surface area contributed by atoms with E-state index in [0.29, 0.717) is 13.1 Å². The number of aliphatic hydroxyl groups excluding tert-OH is 1. The second-order valence-corrected chi connectivity index (χ2v) is 6.36. The topological polar surface area (TPSA) is 55.8 Å². The molecule has 1 aliphatic rings. The second kappa shape index (κ2) is 8.77. The number of nitrogens with zero attached hydrogens (tertiary/aromatic N) is 2. The fourth-order valence-electron chi connectivity index (χ4n) is 2.93. The molecule has 1 fully saturated rings. The Labute approximate surface area is 139 Å². The van der Waals surface area contributed by atoms with Gasteiger partial charge in [0.1, 0.15) is 0 Å². The molecule has 0 bridgehead atoms. The van der Waals surface area contributed by atoms with Crippen LogP contribution in [0.25, 0.3) is 0 Å². The van der Waals surface area contributed by atoms with Gasteiger partial charge in [0.05, 0.1) is 6.61 Å². The first-order valence-corrected chi connectivity index (χ1v) is 8.65. The number of aliphatic hydroxyl groups is 1. The van der Waals surface area contributed by atoms with Crippen LogP contribution in [0.1, 0.15) is 33.1 Å². The van der Waals surface area contributed by atoms with Gasteiger partial charge in [-0.3, -0.25) is 0 Å². The van der Waals surface area contributed by atoms with E-state index in [1.165, 1.54) is 18.5 Å². The van der Waals surface area contributed by atoms with Crippen molar-refractivity contribution in [3.8, 4) is 0 Å². The molecule has 5 heteroatoms. The third-order valence-electron chi connectivity index (χ3n) is 4.42. The number of benzene rings is 1. The smallest absolute Gasteiger partial charge is 0.321 e. The summed E-state index contributed by atoms with van der Waals surface area (Å²) < 4.78 is 0. The highest BCUT2D eigenvalue weighted by atomic mass is 16.3. The summed E-state index contributed by atoms with van der Waals surface area (Å²) in [7, 11) is 0. The molecule has 2 N–H and O–H groups in total. The lowest BCUT2D eigenvalue weighted by Gasteiger charge is -2.32. The van der Waals surface area contributed by atoms with Gasteiger partial charge in [0.2, 0.25) is 0 Å². The third kappa shape index (κ3) is 5.13. The quantitative estimate of drug-likeness (QED) is 0.847. The summed E-state index contributed by atoms with van der Waals surface area (Å²) in [6.45, 7) is 7.54. The number of urea groups is 1. The van der Waals surface area contributed by atoms with Crippen LogP contribution < -0.4 is 10.2 Å². The highest BCUT2D eigenvalue weighted by molar-refractivity contribution is 5.89. The number of nitrogens with one attached hydrogen (secondary N) is 1. The van der Waals surface area contributed by atoms with E-state index < -0.39 is 0 Å². The molecule has 0 unspecified atom stereocenters. The molecule has 0 atom stereocenters. The van der Waals surface area contributed by atoms with Gasteiger partial charge in [0, 0.05) is 37.6 Å². The van der Waals surface area contributed by atoms with Crippen LogP contribution >= 0.6 is 0 Å². The summed E-state index contributed by atoms with van der Waals surface area (Å²) in [5, 5.41) is 12.0. The minimum absolute atomic E-state index is 0.0141. The molecule has 1 aromatic carbocycles. The van der Waals surface area contributed by atoms with Crippen molar-refractivity contribution in [2.45, 2.75) is 33.1 Å². The molecule has 0 radical (unpaired) electrons. The van der Waals surface area contributed by atoms with Crippen LogP contribution in [0.3, 0.4) is 0 Å². The lowest BCUT2D eigenvalue weighted by Crippen LogP contribution is -2.37. The van der Waals surface area contributed by atoms with Crippen molar-refractivity contribution in [2.75, 3.05) is 43.0 Å². The van der Waals surface area contributed by atoms with Crippen LogP contribution in [0.15, 0.2) is 24.3 Å². The van der Waals surface area contributed by atoms with Crippen LogP contribution in [0, 0.1) is 5.92 Å². The zero-order valence-electron chi connectivity index (χ0n) is 14.3. The monoisotopic (exact) mass is 319 g/mol. The molecule has 0 aliphatic carbocycles. The molecule has 1 aliphatic heterocycles. The number of piperidine rings is 1. The average Bonchev–Trinajstić information content (AvgIpc) is 2.56. The van der Waals surface area contributed by atoms with E-state index in [-0.39, 0.29) is 12.6 Å². The molecule has 2 amide bonds. The highest BCUT2D eigenvalue weighted by Gasteiger charge is 2.16. The molecular weight excluding hydrogens is 290 g/mol. The van der Waals surface area contributed by atoms with E-state index >= 15 is 0 Å². The van der Waals surface area contributed by atoms with E-state index in [2.05, 4.69) is 29.3 Å². The minimum Gasteiger partial charge on any atom is -0.395 e. The van der Waals surface area contributed by atoms with Gasteiger partial charge in [-0.05, 0) is 49.4 Å². The van der Waals surface area contributed by atoms with Crippen molar-refractivity contribution in [3.05, 3.63) is 24.3 Å². The van der Waals surface area contributed by atoms with Crippen LogP contribution in [0.4, 0.5) is 16.2 Å². The first-order valence-electron chi connectivity index (χ1n) is 8.65. The average molecular weight is 319 g/mol. The van der Waals surface area contributed by atoms with Crippen molar-refractivity contribution in [1.29, 1.82) is 0 Å². The Kier molecular flexibility index (Phi) is 6.71. The van der Waals surface area contributed by atoms with Crippen LogP contribution in [0.2, 0.25) is 0 Å². The van der Waals surface area contributed by atoms with Gasteiger partial charge < -0.3 is 20.2 Å². The number of anilines is 2. The molecule has 0 spiro atoms. The first-order chi connectivity index (χ1) is 11.1. The Hall–Kier alpha value is -1.75. The summed E-state index contributed by atoms with van der Waals surface area (Å²) in [5.41, 5.74) is 2.01.